The molecule has 0 aromatic heterocycles. The number of hydrazone groups is 1. The van der Waals surface area contributed by atoms with Crippen molar-refractivity contribution in [2.45, 2.75) is 0 Å². The third kappa shape index (κ3) is 5.32. The molecule has 0 unspecified atom stereocenters. The summed E-state index contributed by atoms with van der Waals surface area (Å²) in [6.07, 6.45) is 1.56. The second-order valence-corrected chi connectivity index (χ2v) is 7.24. The highest BCUT2D eigenvalue weighted by molar-refractivity contribution is 9.11. The van der Waals surface area contributed by atoms with Crippen LogP contribution in [0.15, 0.2) is 44.4 Å². The van der Waals surface area contributed by atoms with E-state index in [9.17, 15) is 5.11 Å². The smallest absolute Gasteiger partial charge is 0.191 e. The Labute approximate surface area is 165 Å². The Balaban J connectivity index is 2.00. The van der Waals surface area contributed by atoms with Gasteiger partial charge in [-0.3, -0.25) is 5.43 Å². The van der Waals surface area contributed by atoms with Crippen LogP contribution < -0.4 is 10.7 Å². The first-order valence-electron chi connectivity index (χ1n) is 6.10. The maximum atomic E-state index is 9.65. The van der Waals surface area contributed by atoms with E-state index in [2.05, 4.69) is 47.7 Å². The van der Waals surface area contributed by atoms with Gasteiger partial charge in [-0.2, -0.15) is 5.10 Å². The Morgan fingerprint density at radius 3 is 2.48 bits per heavy atom. The van der Waals surface area contributed by atoms with Gasteiger partial charge in [0.1, 0.15) is 5.75 Å². The minimum absolute atomic E-state index is 0.128. The summed E-state index contributed by atoms with van der Waals surface area (Å²) in [4.78, 5) is 0. The predicted octanol–water partition coefficient (Wildman–Crippen LogP) is 5.54. The molecule has 2 aromatic rings. The van der Waals surface area contributed by atoms with Crippen molar-refractivity contribution in [3.8, 4) is 5.75 Å². The first-order valence-corrected chi connectivity index (χ1v) is 8.85. The lowest BCUT2D eigenvalue weighted by molar-refractivity contribution is 0.468. The molecule has 0 saturated heterocycles. The zero-order valence-electron chi connectivity index (χ0n) is 11.3. The molecule has 4 nitrogen and oxygen atoms in total. The summed E-state index contributed by atoms with van der Waals surface area (Å²) in [7, 11) is 0. The van der Waals surface area contributed by atoms with E-state index in [-0.39, 0.29) is 10.9 Å². The Morgan fingerprint density at radius 1 is 1.17 bits per heavy atom. The number of aromatic hydroxyl groups is 1. The molecule has 2 aromatic carbocycles. The summed E-state index contributed by atoms with van der Waals surface area (Å²) < 4.78 is 1.11. The Morgan fingerprint density at radius 2 is 1.83 bits per heavy atom. The van der Waals surface area contributed by atoms with Crippen molar-refractivity contribution in [3.05, 3.63) is 54.9 Å². The number of phenolic OH excluding ortho intramolecular Hbond substituents is 1. The van der Waals surface area contributed by atoms with Crippen molar-refractivity contribution >= 4 is 84.3 Å². The molecule has 120 valence electrons. The number of nitrogens with one attached hydrogen (secondary N) is 2. The monoisotopic (exact) mass is 495 g/mol. The Hall–Kier alpha value is -0.860. The molecule has 0 aliphatic heterocycles. The Kier molecular flexibility index (Phi) is 6.67. The fourth-order valence-electron chi connectivity index (χ4n) is 1.57. The highest BCUT2D eigenvalue weighted by Gasteiger charge is 2.05. The van der Waals surface area contributed by atoms with Crippen molar-refractivity contribution in [2.24, 2.45) is 5.10 Å². The zero-order chi connectivity index (χ0) is 17.0. The predicted molar refractivity (Wildman–Crippen MR) is 107 cm³/mol. The molecule has 3 N–H and O–H groups in total. The van der Waals surface area contributed by atoms with Gasteiger partial charge in [0.05, 0.1) is 25.9 Å². The van der Waals surface area contributed by atoms with Crippen LogP contribution in [0.3, 0.4) is 0 Å². The fourth-order valence-corrected chi connectivity index (χ4v) is 3.29. The molecular weight excluding hydrogens is 489 g/mol. The van der Waals surface area contributed by atoms with Gasteiger partial charge in [0.25, 0.3) is 0 Å². The summed E-state index contributed by atoms with van der Waals surface area (Å²) >= 11 is 23.6. The van der Waals surface area contributed by atoms with E-state index in [1.807, 2.05) is 0 Å². The van der Waals surface area contributed by atoms with E-state index >= 15 is 0 Å². The van der Waals surface area contributed by atoms with Crippen LogP contribution in [0.1, 0.15) is 5.56 Å². The zero-order valence-corrected chi connectivity index (χ0v) is 16.8. The van der Waals surface area contributed by atoms with Crippen LogP contribution in [-0.4, -0.2) is 16.4 Å². The lowest BCUT2D eigenvalue weighted by Gasteiger charge is -2.09. The molecule has 2 rings (SSSR count). The molecule has 0 radical (unpaired) electrons. The maximum Gasteiger partial charge on any atom is 0.191 e. The summed E-state index contributed by atoms with van der Waals surface area (Å²) in [5, 5.41) is 17.9. The van der Waals surface area contributed by atoms with E-state index < -0.39 is 0 Å². The average Bonchev–Trinajstić information content (AvgIpc) is 2.48. The highest BCUT2D eigenvalue weighted by atomic mass is 79.9. The number of anilines is 1. The second kappa shape index (κ2) is 8.30. The van der Waals surface area contributed by atoms with E-state index in [1.54, 1.807) is 36.5 Å². The van der Waals surface area contributed by atoms with Gasteiger partial charge in [0.2, 0.25) is 0 Å². The van der Waals surface area contributed by atoms with Crippen LogP contribution >= 0.6 is 67.3 Å². The van der Waals surface area contributed by atoms with Crippen molar-refractivity contribution in [1.29, 1.82) is 0 Å². The van der Waals surface area contributed by atoms with Gasteiger partial charge in [-0.15, -0.1) is 0 Å². The van der Waals surface area contributed by atoms with E-state index in [4.69, 9.17) is 35.4 Å². The Bertz CT molecular complexity index is 764. The third-order valence-corrected chi connectivity index (χ3v) is 4.56. The summed E-state index contributed by atoms with van der Waals surface area (Å²) in [6, 6.07) is 8.45. The molecule has 0 fully saturated rings. The average molecular weight is 498 g/mol. The van der Waals surface area contributed by atoms with Crippen molar-refractivity contribution < 1.29 is 5.11 Å². The molecule has 23 heavy (non-hydrogen) atoms. The number of nitrogens with zero attached hydrogens (tertiary/aromatic N) is 1. The fraction of sp³-hybridized carbons (Fsp3) is 0. The molecule has 0 aliphatic carbocycles. The van der Waals surface area contributed by atoms with Crippen LogP contribution in [0, 0.1) is 0 Å². The van der Waals surface area contributed by atoms with Crippen LogP contribution in [0.4, 0.5) is 5.69 Å². The van der Waals surface area contributed by atoms with Gasteiger partial charge in [-0.25, -0.2) is 0 Å². The lowest BCUT2D eigenvalue weighted by Crippen LogP contribution is -2.24. The molecule has 0 atom stereocenters. The quantitative estimate of drug-likeness (QED) is 0.296. The molecule has 9 heteroatoms. The number of benzene rings is 2. The first-order chi connectivity index (χ1) is 10.9. The number of halogens is 4. The normalized spacial score (nSPS) is 10.8. The first kappa shape index (κ1) is 18.5. The topological polar surface area (TPSA) is 56.7 Å². The van der Waals surface area contributed by atoms with E-state index in [1.165, 1.54) is 0 Å². The molecular formula is C14H9Br2Cl2N3OS. The van der Waals surface area contributed by atoms with Gasteiger partial charge in [0, 0.05) is 5.02 Å². The molecule has 0 bridgehead atoms. The summed E-state index contributed by atoms with van der Waals surface area (Å²) in [5.41, 5.74) is 4.02. The molecule has 0 spiro atoms. The molecule has 0 saturated carbocycles. The number of hydrogen-bond acceptors (Lipinski definition) is 3. The molecule has 0 amide bonds. The summed E-state index contributed by atoms with van der Waals surface area (Å²) in [5.74, 6) is 0.128. The standard InChI is InChI=1S/C14H9Br2Cl2N3OS/c15-9-3-7(4-10(16)13(9)22)6-19-21-14(23)20-12-5-8(17)1-2-11(12)18/h1-6,22H,(H2,20,21,23). The van der Waals surface area contributed by atoms with Crippen LogP contribution in [-0.2, 0) is 0 Å². The van der Waals surface area contributed by atoms with E-state index in [0.717, 1.165) is 5.56 Å². The van der Waals surface area contributed by atoms with Gasteiger partial charge in [0.15, 0.2) is 5.11 Å². The number of thiocarbonyl (C=S) groups is 1. The van der Waals surface area contributed by atoms with Gasteiger partial charge in [-0.1, -0.05) is 23.2 Å². The van der Waals surface area contributed by atoms with Gasteiger partial charge in [-0.05, 0) is 80.0 Å². The minimum Gasteiger partial charge on any atom is -0.506 e. The van der Waals surface area contributed by atoms with Crippen molar-refractivity contribution in [2.75, 3.05) is 5.32 Å². The van der Waals surface area contributed by atoms with Crippen molar-refractivity contribution in [1.82, 2.24) is 5.43 Å². The number of hydrogen-bond donors (Lipinski definition) is 3. The lowest BCUT2D eigenvalue weighted by atomic mass is 10.2. The third-order valence-electron chi connectivity index (χ3n) is 2.60. The highest BCUT2D eigenvalue weighted by Crippen LogP contribution is 2.32. The largest absolute Gasteiger partial charge is 0.506 e. The van der Waals surface area contributed by atoms with Gasteiger partial charge >= 0.3 is 0 Å². The van der Waals surface area contributed by atoms with Gasteiger partial charge < -0.3 is 10.4 Å². The molecule has 0 heterocycles. The number of rotatable bonds is 3. The second-order valence-electron chi connectivity index (χ2n) is 4.28. The SMILES string of the molecule is Oc1c(Br)cc(C=NNC(=S)Nc2cc(Cl)ccc2Cl)cc1Br. The van der Waals surface area contributed by atoms with Crippen molar-refractivity contribution in [3.63, 3.8) is 0 Å². The van der Waals surface area contributed by atoms with Crippen LogP contribution in [0.5, 0.6) is 5.75 Å². The minimum atomic E-state index is 0.128. The number of phenols is 1. The molecule has 0 aliphatic rings. The summed E-state index contributed by atoms with van der Waals surface area (Å²) in [6.45, 7) is 0. The maximum absolute atomic E-state index is 9.65. The van der Waals surface area contributed by atoms with E-state index in [0.29, 0.717) is 24.7 Å². The van der Waals surface area contributed by atoms with Crippen LogP contribution in [0.2, 0.25) is 10.0 Å². The van der Waals surface area contributed by atoms with Crippen LogP contribution in [0.25, 0.3) is 0 Å².